The molecule has 2 heterocycles. The van der Waals surface area contributed by atoms with Gasteiger partial charge in [0.25, 0.3) is 5.91 Å². The van der Waals surface area contributed by atoms with Gasteiger partial charge in [0.05, 0.1) is 42.2 Å². The molecule has 0 radical (unpaired) electrons. The second-order valence-corrected chi connectivity index (χ2v) is 7.73. The van der Waals surface area contributed by atoms with E-state index >= 15 is 0 Å². The molecule has 0 aliphatic rings. The summed E-state index contributed by atoms with van der Waals surface area (Å²) in [6, 6.07) is 16.8. The van der Waals surface area contributed by atoms with Crippen LogP contribution in [0.5, 0.6) is 5.75 Å². The molecule has 0 saturated heterocycles. The van der Waals surface area contributed by atoms with Crippen LogP contribution in [0.25, 0.3) is 16.1 Å². The van der Waals surface area contributed by atoms with Crippen LogP contribution in [0.1, 0.15) is 26.5 Å². The van der Waals surface area contributed by atoms with Crippen molar-refractivity contribution in [3.63, 3.8) is 0 Å². The molecule has 0 unspecified atom stereocenters. The van der Waals surface area contributed by atoms with Crippen LogP contribution in [0, 0.1) is 6.92 Å². The van der Waals surface area contributed by atoms with E-state index in [0.29, 0.717) is 27.4 Å². The Kier molecular flexibility index (Phi) is 6.00. The van der Waals surface area contributed by atoms with Gasteiger partial charge in [0.1, 0.15) is 5.75 Å². The number of amides is 1. The first kappa shape index (κ1) is 21.3. The van der Waals surface area contributed by atoms with Gasteiger partial charge >= 0.3 is 5.97 Å². The summed E-state index contributed by atoms with van der Waals surface area (Å²) >= 11 is 1.17. The van der Waals surface area contributed by atoms with Gasteiger partial charge < -0.3 is 9.47 Å². The lowest BCUT2D eigenvalue weighted by molar-refractivity contribution is 0.0595. The average molecular weight is 449 g/mol. The summed E-state index contributed by atoms with van der Waals surface area (Å²) in [5.74, 6) is -0.392. The first-order valence-electron chi connectivity index (χ1n) is 9.67. The highest BCUT2D eigenvalue weighted by molar-refractivity contribution is 7.19. The molecule has 0 fully saturated rings. The van der Waals surface area contributed by atoms with E-state index in [-0.39, 0.29) is 16.7 Å². The maximum Gasteiger partial charge on any atom is 0.358 e. The molecule has 9 heteroatoms. The van der Waals surface area contributed by atoms with Crippen molar-refractivity contribution in [3.8, 4) is 21.9 Å². The van der Waals surface area contributed by atoms with Gasteiger partial charge in [-0.2, -0.15) is 5.10 Å². The first-order chi connectivity index (χ1) is 15.5. The van der Waals surface area contributed by atoms with Crippen molar-refractivity contribution < 1.29 is 19.1 Å². The summed E-state index contributed by atoms with van der Waals surface area (Å²) in [5, 5.41) is 7.38. The smallest absolute Gasteiger partial charge is 0.358 e. The van der Waals surface area contributed by atoms with Gasteiger partial charge in [0, 0.05) is 5.56 Å². The predicted octanol–water partition coefficient (Wildman–Crippen LogP) is 4.35. The number of methoxy groups -OCH3 is 2. The van der Waals surface area contributed by atoms with Gasteiger partial charge in [-0.25, -0.2) is 14.5 Å². The molecule has 0 aliphatic carbocycles. The summed E-state index contributed by atoms with van der Waals surface area (Å²) in [7, 11) is 2.83. The van der Waals surface area contributed by atoms with Crippen LogP contribution < -0.4 is 10.1 Å². The lowest BCUT2D eigenvalue weighted by Crippen LogP contribution is -2.13. The molecule has 0 saturated carbocycles. The van der Waals surface area contributed by atoms with Gasteiger partial charge in [-0.3, -0.25) is 10.1 Å². The highest BCUT2D eigenvalue weighted by Crippen LogP contribution is 2.38. The van der Waals surface area contributed by atoms with Crippen molar-refractivity contribution in [2.75, 3.05) is 19.5 Å². The number of nitrogens with one attached hydrogen (secondary N) is 1. The van der Waals surface area contributed by atoms with Crippen LogP contribution in [0.15, 0.2) is 60.8 Å². The van der Waals surface area contributed by atoms with Crippen LogP contribution in [0.4, 0.5) is 5.13 Å². The van der Waals surface area contributed by atoms with E-state index in [9.17, 15) is 9.59 Å². The maximum absolute atomic E-state index is 13.0. The molecule has 1 N–H and O–H groups in total. The second-order valence-electron chi connectivity index (χ2n) is 6.73. The summed E-state index contributed by atoms with van der Waals surface area (Å²) < 4.78 is 12.0. The number of carbonyl (C=O) groups excluding carboxylic acids is 2. The minimum Gasteiger partial charge on any atom is -0.496 e. The lowest BCUT2D eigenvalue weighted by atomic mass is 10.1. The SMILES string of the molecule is COC(=O)c1nc(NC(=O)c2cnn(-c3ccccc3)c2C)sc1-c1ccccc1OC. The number of aromatic nitrogens is 3. The Bertz CT molecular complexity index is 1280. The van der Waals surface area contributed by atoms with Crippen molar-refractivity contribution >= 4 is 28.3 Å². The minimum absolute atomic E-state index is 0.106. The van der Waals surface area contributed by atoms with Gasteiger partial charge in [0.2, 0.25) is 0 Å². The second kappa shape index (κ2) is 9.03. The number of esters is 1. The van der Waals surface area contributed by atoms with Crippen LogP contribution in [0.2, 0.25) is 0 Å². The first-order valence-corrected chi connectivity index (χ1v) is 10.5. The minimum atomic E-state index is -0.601. The van der Waals surface area contributed by atoms with Crippen molar-refractivity contribution in [3.05, 3.63) is 77.7 Å². The molecule has 2 aromatic heterocycles. The predicted molar refractivity (Wildman–Crippen MR) is 122 cm³/mol. The van der Waals surface area contributed by atoms with Crippen molar-refractivity contribution in [2.45, 2.75) is 6.92 Å². The Balaban J connectivity index is 1.67. The lowest BCUT2D eigenvalue weighted by Gasteiger charge is -2.07. The number of nitrogens with zero attached hydrogens (tertiary/aromatic N) is 3. The number of rotatable bonds is 6. The van der Waals surface area contributed by atoms with E-state index in [4.69, 9.17) is 9.47 Å². The number of ether oxygens (including phenoxy) is 2. The molecule has 1 amide bonds. The van der Waals surface area contributed by atoms with Crippen molar-refractivity contribution in [1.82, 2.24) is 14.8 Å². The van der Waals surface area contributed by atoms with Gasteiger partial charge in [-0.1, -0.05) is 41.7 Å². The molecule has 2 aromatic carbocycles. The quantitative estimate of drug-likeness (QED) is 0.441. The Morgan fingerprint density at radius 1 is 1.03 bits per heavy atom. The molecule has 0 spiro atoms. The fourth-order valence-corrected chi connectivity index (χ4v) is 4.23. The number of hydrogen-bond donors (Lipinski definition) is 1. The van der Waals surface area contributed by atoms with Gasteiger partial charge in [-0.05, 0) is 31.2 Å². The number of thiazole rings is 1. The third-order valence-corrected chi connectivity index (χ3v) is 5.84. The van der Waals surface area contributed by atoms with Gasteiger partial charge in [0.15, 0.2) is 10.8 Å². The molecule has 4 aromatic rings. The van der Waals surface area contributed by atoms with Crippen molar-refractivity contribution in [2.24, 2.45) is 0 Å². The van der Waals surface area contributed by atoms with Crippen LogP contribution in [-0.4, -0.2) is 40.9 Å². The van der Waals surface area contributed by atoms with E-state index in [1.54, 1.807) is 17.9 Å². The summed E-state index contributed by atoms with van der Waals surface area (Å²) in [5.41, 5.74) is 2.73. The average Bonchev–Trinajstić information content (AvgIpc) is 3.42. The fraction of sp³-hybridized carbons (Fsp3) is 0.130. The largest absolute Gasteiger partial charge is 0.496 e. The number of carbonyl (C=O) groups is 2. The third kappa shape index (κ3) is 3.97. The zero-order chi connectivity index (χ0) is 22.7. The van der Waals surface area contributed by atoms with E-state index in [2.05, 4.69) is 15.4 Å². The maximum atomic E-state index is 13.0. The molecular formula is C23H20N4O4S. The number of hydrogen-bond acceptors (Lipinski definition) is 7. The van der Waals surface area contributed by atoms with Gasteiger partial charge in [-0.15, -0.1) is 0 Å². The fourth-order valence-electron chi connectivity index (χ4n) is 3.25. The van der Waals surface area contributed by atoms with E-state index in [1.165, 1.54) is 24.6 Å². The molecule has 0 bridgehead atoms. The summed E-state index contributed by atoms with van der Waals surface area (Å²) in [4.78, 5) is 30.2. The van der Waals surface area contributed by atoms with E-state index in [1.807, 2.05) is 55.5 Å². The monoisotopic (exact) mass is 448 g/mol. The molecular weight excluding hydrogens is 428 g/mol. The zero-order valence-corrected chi connectivity index (χ0v) is 18.5. The number of anilines is 1. The zero-order valence-electron chi connectivity index (χ0n) is 17.7. The summed E-state index contributed by atoms with van der Waals surface area (Å²) in [6.45, 7) is 1.82. The van der Waals surface area contributed by atoms with E-state index < -0.39 is 5.97 Å². The third-order valence-electron chi connectivity index (χ3n) is 4.83. The molecule has 162 valence electrons. The number of benzene rings is 2. The highest BCUT2D eigenvalue weighted by Gasteiger charge is 2.24. The Morgan fingerprint density at radius 2 is 1.75 bits per heavy atom. The molecule has 8 nitrogen and oxygen atoms in total. The van der Waals surface area contributed by atoms with Crippen molar-refractivity contribution in [1.29, 1.82) is 0 Å². The molecule has 0 atom stereocenters. The van der Waals surface area contributed by atoms with Crippen LogP contribution in [0.3, 0.4) is 0 Å². The summed E-state index contributed by atoms with van der Waals surface area (Å²) in [6.07, 6.45) is 1.51. The van der Waals surface area contributed by atoms with Crippen LogP contribution >= 0.6 is 11.3 Å². The van der Waals surface area contributed by atoms with E-state index in [0.717, 1.165) is 5.69 Å². The molecule has 0 aliphatic heterocycles. The standard InChI is InChI=1S/C23H20N4O4S/c1-14-17(13-24-27(14)15-9-5-4-6-10-15)21(28)26-23-25-19(22(29)31-3)20(32-23)16-11-7-8-12-18(16)30-2/h4-13H,1-3H3,(H,25,26,28). The Morgan fingerprint density at radius 3 is 2.47 bits per heavy atom. The molecule has 32 heavy (non-hydrogen) atoms. The highest BCUT2D eigenvalue weighted by atomic mass is 32.1. The topological polar surface area (TPSA) is 95.3 Å². The normalized spacial score (nSPS) is 10.6. The number of para-hydroxylation sites is 2. The Labute approximate surface area is 188 Å². The Hall–Kier alpha value is -3.98. The molecule has 4 rings (SSSR count). The van der Waals surface area contributed by atoms with Crippen LogP contribution in [-0.2, 0) is 4.74 Å².